The van der Waals surface area contributed by atoms with Gasteiger partial charge in [0, 0.05) is 19.3 Å². The fourth-order valence-corrected chi connectivity index (χ4v) is 8.35. The van der Waals surface area contributed by atoms with Crippen molar-refractivity contribution >= 4 is 17.9 Å². The fourth-order valence-electron chi connectivity index (χ4n) is 8.35. The van der Waals surface area contributed by atoms with E-state index in [-0.39, 0.29) is 37.5 Å². The zero-order chi connectivity index (χ0) is 54.3. The van der Waals surface area contributed by atoms with Gasteiger partial charge in [-0.3, -0.25) is 14.4 Å². The quantitative estimate of drug-likeness (QED) is 0.0261. The molecular formula is C69H114O6. The summed E-state index contributed by atoms with van der Waals surface area (Å²) in [5.41, 5.74) is 0. The molecule has 0 rings (SSSR count). The number of unbranched alkanes of at least 4 members (excludes halogenated alkanes) is 24. The first-order chi connectivity index (χ1) is 37.0. The van der Waals surface area contributed by atoms with Gasteiger partial charge in [-0.1, -0.05) is 258 Å². The first-order valence-corrected chi connectivity index (χ1v) is 31.0. The topological polar surface area (TPSA) is 78.9 Å². The van der Waals surface area contributed by atoms with Crippen molar-refractivity contribution < 1.29 is 28.6 Å². The van der Waals surface area contributed by atoms with Crippen LogP contribution in [0.4, 0.5) is 0 Å². The van der Waals surface area contributed by atoms with E-state index in [0.29, 0.717) is 19.3 Å². The lowest BCUT2D eigenvalue weighted by Gasteiger charge is -2.18. The Hall–Kier alpha value is -4.19. The number of hydrogen-bond acceptors (Lipinski definition) is 6. The van der Waals surface area contributed by atoms with Gasteiger partial charge in [-0.2, -0.15) is 0 Å². The summed E-state index contributed by atoms with van der Waals surface area (Å²) in [6.07, 6.45) is 86.4. The van der Waals surface area contributed by atoms with Crippen molar-refractivity contribution in [3.8, 4) is 0 Å². The van der Waals surface area contributed by atoms with Crippen LogP contribution in [-0.2, 0) is 28.6 Å². The van der Waals surface area contributed by atoms with Crippen LogP contribution < -0.4 is 0 Å². The Labute approximate surface area is 462 Å². The molecule has 0 spiro atoms. The summed E-state index contributed by atoms with van der Waals surface area (Å²) in [7, 11) is 0. The van der Waals surface area contributed by atoms with Crippen molar-refractivity contribution in [1.29, 1.82) is 0 Å². The number of ether oxygens (including phenoxy) is 3. The van der Waals surface area contributed by atoms with E-state index >= 15 is 0 Å². The Morgan fingerprint density at radius 1 is 0.280 bits per heavy atom. The maximum absolute atomic E-state index is 12.9. The highest BCUT2D eigenvalue weighted by Gasteiger charge is 2.19. The lowest BCUT2D eigenvalue weighted by atomic mass is 10.0. The van der Waals surface area contributed by atoms with E-state index in [9.17, 15) is 14.4 Å². The molecule has 75 heavy (non-hydrogen) atoms. The number of allylic oxidation sites excluding steroid dienone is 20. The van der Waals surface area contributed by atoms with Crippen molar-refractivity contribution in [1.82, 2.24) is 0 Å². The van der Waals surface area contributed by atoms with Crippen LogP contribution >= 0.6 is 0 Å². The molecule has 6 nitrogen and oxygen atoms in total. The summed E-state index contributed by atoms with van der Waals surface area (Å²) in [5, 5.41) is 0. The summed E-state index contributed by atoms with van der Waals surface area (Å²) in [6, 6.07) is 0. The smallest absolute Gasteiger partial charge is 0.306 e. The summed E-state index contributed by atoms with van der Waals surface area (Å²) in [6.45, 7) is 6.35. The number of carbonyl (C=O) groups is 3. The van der Waals surface area contributed by atoms with Crippen LogP contribution in [0.15, 0.2) is 122 Å². The van der Waals surface area contributed by atoms with Crippen LogP contribution in [0.5, 0.6) is 0 Å². The fraction of sp³-hybridized carbons (Fsp3) is 0.667. The Balaban J connectivity index is 4.41. The number of esters is 3. The van der Waals surface area contributed by atoms with E-state index in [1.54, 1.807) is 0 Å². The highest BCUT2D eigenvalue weighted by atomic mass is 16.6. The van der Waals surface area contributed by atoms with E-state index in [2.05, 4.69) is 142 Å². The van der Waals surface area contributed by atoms with Crippen LogP contribution in [0.1, 0.15) is 278 Å². The molecule has 0 aromatic heterocycles. The first-order valence-electron chi connectivity index (χ1n) is 31.0. The van der Waals surface area contributed by atoms with Crippen LogP contribution in [0.3, 0.4) is 0 Å². The molecule has 0 radical (unpaired) electrons. The Kier molecular flexibility index (Phi) is 58.9. The van der Waals surface area contributed by atoms with Gasteiger partial charge in [0.2, 0.25) is 0 Å². The van der Waals surface area contributed by atoms with Crippen molar-refractivity contribution in [2.24, 2.45) is 0 Å². The van der Waals surface area contributed by atoms with Crippen LogP contribution in [-0.4, -0.2) is 37.2 Å². The molecule has 0 N–H and O–H groups in total. The molecule has 426 valence electrons. The van der Waals surface area contributed by atoms with Gasteiger partial charge in [0.15, 0.2) is 6.10 Å². The molecule has 6 heteroatoms. The molecular weight excluding hydrogens is 925 g/mol. The SMILES string of the molecule is CC/C=C\C/C=C\C/C=C\C/C=C\C/C=C\CCCC(=O)OC(COC(=O)CCCCCCC/C=C\C/C=C\C/C=C\CC)COC(=O)CCCCCCCCCCCCCCC/C=C\C/C=C\CCCCCCC. The maximum atomic E-state index is 12.9. The predicted molar refractivity (Wildman–Crippen MR) is 325 cm³/mol. The van der Waals surface area contributed by atoms with Gasteiger partial charge in [-0.05, 0) is 122 Å². The molecule has 0 saturated heterocycles. The van der Waals surface area contributed by atoms with Crippen molar-refractivity contribution in [2.45, 2.75) is 284 Å². The minimum Gasteiger partial charge on any atom is -0.462 e. The van der Waals surface area contributed by atoms with Crippen molar-refractivity contribution in [3.05, 3.63) is 122 Å². The molecule has 0 aromatic rings. The van der Waals surface area contributed by atoms with Gasteiger partial charge in [0.1, 0.15) is 13.2 Å². The zero-order valence-electron chi connectivity index (χ0n) is 48.8. The van der Waals surface area contributed by atoms with E-state index in [1.165, 1.54) is 109 Å². The summed E-state index contributed by atoms with van der Waals surface area (Å²) in [4.78, 5) is 38.2. The second kappa shape index (κ2) is 62.4. The molecule has 0 fully saturated rings. The lowest BCUT2D eigenvalue weighted by molar-refractivity contribution is -0.167. The Morgan fingerprint density at radius 2 is 0.533 bits per heavy atom. The zero-order valence-corrected chi connectivity index (χ0v) is 48.8. The minimum atomic E-state index is -0.819. The maximum Gasteiger partial charge on any atom is 0.306 e. The second-order valence-corrected chi connectivity index (χ2v) is 20.2. The van der Waals surface area contributed by atoms with E-state index in [1.807, 2.05) is 0 Å². The molecule has 0 aliphatic rings. The first kappa shape index (κ1) is 70.8. The average molecular weight is 1040 g/mol. The third-order valence-electron chi connectivity index (χ3n) is 12.9. The Morgan fingerprint density at radius 3 is 0.853 bits per heavy atom. The van der Waals surface area contributed by atoms with Gasteiger partial charge >= 0.3 is 17.9 Å². The molecule has 0 aliphatic carbocycles. The molecule has 1 unspecified atom stereocenters. The normalized spacial score (nSPS) is 12.9. The molecule has 1 atom stereocenters. The number of rotatable bonds is 55. The van der Waals surface area contributed by atoms with E-state index in [0.717, 1.165) is 122 Å². The molecule has 0 aromatic carbocycles. The minimum absolute atomic E-state index is 0.109. The van der Waals surface area contributed by atoms with Crippen LogP contribution in [0.25, 0.3) is 0 Å². The highest BCUT2D eigenvalue weighted by molar-refractivity contribution is 5.71. The standard InChI is InChI=1S/C69H114O6/c1-4-7-10-13-16-19-22-25-28-30-31-32-33-34-35-36-37-39-41-44-47-50-53-56-59-62-68(71)74-65-66(64-73-67(70)61-58-55-52-49-46-43-40-27-24-21-18-15-12-9-6-3)75-69(72)63-60-57-54-51-48-45-42-38-29-26-23-20-17-14-11-8-5-2/h8-9,11-12,17-18,20-22,25-27,29-31,40,42,45,51,54,66H,4-7,10,13-16,19,23-24,28,32-39,41,43-44,46-50,52-53,55-65H2,1-3H3/b11-8-,12-9-,20-17-,21-18-,25-22-,29-26-,31-30-,40-27-,45-42-,54-51-. The molecule has 0 aliphatic heterocycles. The average Bonchev–Trinajstić information content (AvgIpc) is 3.41. The second-order valence-electron chi connectivity index (χ2n) is 20.2. The van der Waals surface area contributed by atoms with Crippen molar-refractivity contribution in [3.63, 3.8) is 0 Å². The van der Waals surface area contributed by atoms with Crippen LogP contribution in [0.2, 0.25) is 0 Å². The van der Waals surface area contributed by atoms with Gasteiger partial charge in [-0.15, -0.1) is 0 Å². The summed E-state index contributed by atoms with van der Waals surface area (Å²) in [5.74, 6) is -0.984. The van der Waals surface area contributed by atoms with Gasteiger partial charge in [0.05, 0.1) is 0 Å². The van der Waals surface area contributed by atoms with Gasteiger partial charge in [0.25, 0.3) is 0 Å². The van der Waals surface area contributed by atoms with Crippen molar-refractivity contribution in [2.75, 3.05) is 13.2 Å². The van der Waals surface area contributed by atoms with Gasteiger partial charge in [-0.25, -0.2) is 0 Å². The van der Waals surface area contributed by atoms with Gasteiger partial charge < -0.3 is 14.2 Å². The third-order valence-corrected chi connectivity index (χ3v) is 12.9. The third kappa shape index (κ3) is 60.6. The lowest BCUT2D eigenvalue weighted by Crippen LogP contribution is -2.30. The molecule has 0 saturated carbocycles. The Bertz CT molecular complexity index is 1570. The molecule has 0 heterocycles. The molecule has 0 amide bonds. The highest BCUT2D eigenvalue weighted by Crippen LogP contribution is 2.15. The predicted octanol–water partition coefficient (Wildman–Crippen LogP) is 21.2. The largest absolute Gasteiger partial charge is 0.462 e. The van der Waals surface area contributed by atoms with E-state index < -0.39 is 6.10 Å². The van der Waals surface area contributed by atoms with E-state index in [4.69, 9.17) is 14.2 Å². The number of hydrogen-bond donors (Lipinski definition) is 0. The molecule has 0 bridgehead atoms. The summed E-state index contributed by atoms with van der Waals surface area (Å²) < 4.78 is 16.8. The monoisotopic (exact) mass is 1040 g/mol. The van der Waals surface area contributed by atoms with Crippen LogP contribution in [0, 0.1) is 0 Å². The number of carbonyl (C=O) groups excluding carboxylic acids is 3. The summed E-state index contributed by atoms with van der Waals surface area (Å²) >= 11 is 0.